The number of epoxide rings is 2. The van der Waals surface area contributed by atoms with Crippen LogP contribution in [0.2, 0.25) is 0 Å². The number of ether oxygens (including phenoxy) is 3. The van der Waals surface area contributed by atoms with E-state index < -0.39 is 22.5 Å². The topological polar surface area (TPSA) is 71.6 Å². The lowest BCUT2D eigenvalue weighted by atomic mass is 9.54. The molecule has 0 aromatic heterocycles. The minimum atomic E-state index is -1.19. The number of aliphatic hydroxyl groups is 1. The molecule has 0 amide bonds. The minimum Gasteiger partial charge on any atom is -0.461 e. The molecule has 1 N–H and O–H groups in total. The van der Waals surface area contributed by atoms with Gasteiger partial charge in [0.1, 0.15) is 29.5 Å². The van der Waals surface area contributed by atoms with Crippen LogP contribution >= 0.6 is 0 Å². The maximum absolute atomic E-state index is 12.3. The van der Waals surface area contributed by atoms with Gasteiger partial charge >= 0.3 is 5.97 Å². The molecule has 2 aliphatic carbocycles. The van der Waals surface area contributed by atoms with E-state index in [4.69, 9.17) is 14.2 Å². The molecule has 0 aromatic carbocycles. The summed E-state index contributed by atoms with van der Waals surface area (Å²) in [5, 5.41) is 11.5. The fourth-order valence-electron chi connectivity index (χ4n) is 5.47. The van der Waals surface area contributed by atoms with Crippen molar-refractivity contribution in [3.05, 3.63) is 12.2 Å². The zero-order chi connectivity index (χ0) is 14.1. The van der Waals surface area contributed by atoms with Crippen LogP contribution in [0.15, 0.2) is 12.2 Å². The van der Waals surface area contributed by atoms with Gasteiger partial charge in [0.25, 0.3) is 0 Å². The lowest BCUT2D eigenvalue weighted by Gasteiger charge is -2.51. The molecule has 3 aliphatic heterocycles. The van der Waals surface area contributed by atoms with Gasteiger partial charge in [0.2, 0.25) is 0 Å². The van der Waals surface area contributed by atoms with Gasteiger partial charge in [-0.25, -0.2) is 0 Å². The van der Waals surface area contributed by atoms with Crippen molar-refractivity contribution in [3.8, 4) is 0 Å². The second kappa shape index (κ2) is 2.85. The highest BCUT2D eigenvalue weighted by atomic mass is 16.7. The summed E-state index contributed by atoms with van der Waals surface area (Å²) in [6, 6.07) is 0. The van der Waals surface area contributed by atoms with Gasteiger partial charge in [-0.2, -0.15) is 0 Å². The van der Waals surface area contributed by atoms with Gasteiger partial charge in [0.15, 0.2) is 0 Å². The molecule has 20 heavy (non-hydrogen) atoms. The van der Waals surface area contributed by atoms with E-state index in [0.717, 1.165) is 5.57 Å². The lowest BCUT2D eigenvalue weighted by Crippen LogP contribution is -2.64. The molecule has 5 aliphatic rings. The number of carbonyl (C=O) groups is 1. The van der Waals surface area contributed by atoms with E-state index in [2.05, 4.69) is 6.58 Å². The van der Waals surface area contributed by atoms with Gasteiger partial charge in [0, 0.05) is 11.3 Å². The molecule has 5 heteroatoms. The van der Waals surface area contributed by atoms with Crippen molar-refractivity contribution in [2.75, 3.05) is 6.61 Å². The van der Waals surface area contributed by atoms with Gasteiger partial charge in [-0.05, 0) is 13.3 Å². The van der Waals surface area contributed by atoms with E-state index in [1.54, 1.807) is 0 Å². The van der Waals surface area contributed by atoms with E-state index in [1.807, 2.05) is 13.8 Å². The fourth-order valence-corrected chi connectivity index (χ4v) is 5.47. The van der Waals surface area contributed by atoms with Crippen LogP contribution in [-0.2, 0) is 19.0 Å². The molecule has 2 bridgehead atoms. The monoisotopic (exact) mass is 278 g/mol. The summed E-state index contributed by atoms with van der Waals surface area (Å²) in [4.78, 5) is 12.3. The zero-order valence-electron chi connectivity index (χ0n) is 11.6. The standard InChI is InChI=1S/C15H18O5/c1-6(2)8-7-4-13(3)14(5-18-14)10-11(20-10)15(13,17)9(8)12(16)19-7/h7-11,17H,1,4-5H2,2-3H3/t7-,8-,9+,10+,11-,13-,14+,15-/m0/s1. The number of fused-ring (bicyclic) bond motifs is 8. The molecule has 1 spiro atoms. The average Bonchev–Trinajstić information content (AvgIpc) is 3.20. The second-order valence-electron chi connectivity index (χ2n) is 7.34. The van der Waals surface area contributed by atoms with E-state index in [0.29, 0.717) is 13.0 Å². The quantitative estimate of drug-likeness (QED) is 0.427. The van der Waals surface area contributed by atoms with Crippen LogP contribution in [0.5, 0.6) is 0 Å². The number of hydrogen-bond acceptors (Lipinski definition) is 5. The molecule has 0 unspecified atom stereocenters. The Balaban J connectivity index is 1.72. The first-order valence-electron chi connectivity index (χ1n) is 7.24. The average molecular weight is 278 g/mol. The van der Waals surface area contributed by atoms with Crippen LogP contribution in [0.3, 0.4) is 0 Å². The molecule has 0 aromatic rings. The first-order valence-corrected chi connectivity index (χ1v) is 7.24. The maximum Gasteiger partial charge on any atom is 0.313 e. The van der Waals surface area contributed by atoms with E-state index in [1.165, 1.54) is 0 Å². The minimum absolute atomic E-state index is 0.0598. The zero-order valence-corrected chi connectivity index (χ0v) is 11.6. The first-order chi connectivity index (χ1) is 9.37. The molecule has 5 fully saturated rings. The number of rotatable bonds is 1. The second-order valence-corrected chi connectivity index (χ2v) is 7.34. The Kier molecular flexibility index (Phi) is 1.67. The van der Waals surface area contributed by atoms with Gasteiger partial charge in [-0.3, -0.25) is 4.79 Å². The molecule has 8 atom stereocenters. The molecule has 3 heterocycles. The van der Waals surface area contributed by atoms with Crippen molar-refractivity contribution >= 4 is 5.97 Å². The van der Waals surface area contributed by atoms with Crippen LogP contribution in [0.25, 0.3) is 0 Å². The molecular formula is C15H18O5. The highest BCUT2D eigenvalue weighted by molar-refractivity contribution is 5.79. The van der Waals surface area contributed by atoms with Crippen molar-refractivity contribution in [1.29, 1.82) is 0 Å². The smallest absolute Gasteiger partial charge is 0.313 e. The Morgan fingerprint density at radius 3 is 2.75 bits per heavy atom. The Hall–Kier alpha value is -0.910. The van der Waals surface area contributed by atoms with Crippen molar-refractivity contribution in [2.45, 2.75) is 49.8 Å². The SMILES string of the molecule is C=C(C)[C@H]1[C@@H]2C[C@]3(C)[C@@](O)([C@H]4O[C@H]4[C@]34CO4)[C@H]1C(=O)O2. The summed E-state index contributed by atoms with van der Waals surface area (Å²) in [5.41, 5.74) is -1.17. The molecule has 5 rings (SSSR count). The predicted molar refractivity (Wildman–Crippen MR) is 66.7 cm³/mol. The fraction of sp³-hybridized carbons (Fsp3) is 0.800. The van der Waals surface area contributed by atoms with E-state index in [9.17, 15) is 9.90 Å². The summed E-state index contributed by atoms with van der Waals surface area (Å²) >= 11 is 0. The largest absolute Gasteiger partial charge is 0.461 e. The Morgan fingerprint density at radius 1 is 1.45 bits per heavy atom. The summed E-state index contributed by atoms with van der Waals surface area (Å²) in [6.45, 7) is 8.55. The predicted octanol–water partition coefficient (Wildman–Crippen LogP) is 0.411. The van der Waals surface area contributed by atoms with Crippen molar-refractivity contribution in [3.63, 3.8) is 0 Å². The van der Waals surface area contributed by atoms with E-state index >= 15 is 0 Å². The third-order valence-electron chi connectivity index (χ3n) is 6.59. The summed E-state index contributed by atoms with van der Waals surface area (Å²) in [5.74, 6) is -0.983. The van der Waals surface area contributed by atoms with Crippen LogP contribution < -0.4 is 0 Å². The number of carbonyl (C=O) groups excluding carboxylic acids is 1. The normalized spacial score (nSPS) is 64.8. The maximum atomic E-state index is 12.3. The number of hydrogen-bond donors (Lipinski definition) is 1. The van der Waals surface area contributed by atoms with Crippen molar-refractivity contribution in [1.82, 2.24) is 0 Å². The highest BCUT2D eigenvalue weighted by Crippen LogP contribution is 2.76. The number of esters is 1. The third-order valence-corrected chi connectivity index (χ3v) is 6.59. The van der Waals surface area contributed by atoms with Crippen LogP contribution in [0.1, 0.15) is 20.3 Å². The summed E-state index contributed by atoms with van der Waals surface area (Å²) in [7, 11) is 0. The Bertz CT molecular complexity index is 567. The van der Waals surface area contributed by atoms with E-state index in [-0.39, 0.29) is 30.2 Å². The summed E-state index contributed by atoms with van der Waals surface area (Å²) < 4.78 is 17.0. The van der Waals surface area contributed by atoms with Gasteiger partial charge < -0.3 is 19.3 Å². The van der Waals surface area contributed by atoms with Gasteiger partial charge in [-0.15, -0.1) is 0 Å². The first kappa shape index (κ1) is 11.7. The highest BCUT2D eigenvalue weighted by Gasteiger charge is 2.92. The third kappa shape index (κ3) is 0.875. The van der Waals surface area contributed by atoms with Crippen molar-refractivity contribution < 1.29 is 24.1 Å². The molecule has 2 saturated carbocycles. The lowest BCUT2D eigenvalue weighted by molar-refractivity contribution is -0.185. The van der Waals surface area contributed by atoms with Gasteiger partial charge in [0.05, 0.1) is 12.5 Å². The molecule has 3 saturated heterocycles. The van der Waals surface area contributed by atoms with Crippen LogP contribution in [0, 0.1) is 17.3 Å². The summed E-state index contributed by atoms with van der Waals surface area (Å²) in [6.07, 6.45) is 0.0809. The Labute approximate surface area is 116 Å². The Morgan fingerprint density at radius 2 is 2.15 bits per heavy atom. The van der Waals surface area contributed by atoms with Crippen molar-refractivity contribution in [2.24, 2.45) is 17.3 Å². The molecule has 5 nitrogen and oxygen atoms in total. The van der Waals surface area contributed by atoms with Crippen LogP contribution in [-0.4, -0.2) is 47.2 Å². The molecule has 108 valence electrons. The molecule has 0 radical (unpaired) electrons. The molecular weight excluding hydrogens is 260 g/mol. The van der Waals surface area contributed by atoms with Gasteiger partial charge in [-0.1, -0.05) is 19.1 Å². The van der Waals surface area contributed by atoms with Crippen LogP contribution in [0.4, 0.5) is 0 Å².